The zero-order valence-electron chi connectivity index (χ0n) is 8.99. The number of ether oxygens (including phenoxy) is 1. The molecule has 1 rings (SSSR count). The molecule has 1 heterocycles. The van der Waals surface area contributed by atoms with Gasteiger partial charge in [-0.25, -0.2) is 0 Å². The van der Waals surface area contributed by atoms with Crippen molar-refractivity contribution in [1.82, 2.24) is 4.37 Å². The Kier molecular flexibility index (Phi) is 4.64. The van der Waals surface area contributed by atoms with Gasteiger partial charge in [-0.3, -0.25) is 0 Å². The van der Waals surface area contributed by atoms with E-state index in [0.29, 0.717) is 18.2 Å². The molecule has 0 aliphatic rings. The highest BCUT2D eigenvalue weighted by molar-refractivity contribution is 7.11. The largest absolute Gasteiger partial charge is 0.487 e. The number of anilines is 2. The maximum absolute atomic E-state index is 9.06. The van der Waals surface area contributed by atoms with Gasteiger partial charge in [0.25, 0.3) is 0 Å². The third-order valence-electron chi connectivity index (χ3n) is 2.01. The molecule has 15 heavy (non-hydrogen) atoms. The molecule has 1 atom stereocenters. The fourth-order valence-corrected chi connectivity index (χ4v) is 1.87. The van der Waals surface area contributed by atoms with E-state index < -0.39 is 0 Å². The molecule has 0 aliphatic heterocycles. The molecular formula is C9H17N3O2S. The highest BCUT2D eigenvalue weighted by Gasteiger charge is 2.15. The van der Waals surface area contributed by atoms with Gasteiger partial charge >= 0.3 is 0 Å². The van der Waals surface area contributed by atoms with E-state index in [9.17, 15) is 0 Å². The molecule has 1 aromatic rings. The molecule has 0 amide bonds. The van der Waals surface area contributed by atoms with Crippen molar-refractivity contribution in [1.29, 1.82) is 0 Å². The van der Waals surface area contributed by atoms with Crippen molar-refractivity contribution in [2.24, 2.45) is 0 Å². The first-order chi connectivity index (χ1) is 7.22. The lowest BCUT2D eigenvalue weighted by Crippen LogP contribution is -2.22. The molecule has 1 unspecified atom stereocenters. The first kappa shape index (κ1) is 12.1. The highest BCUT2D eigenvalue weighted by Crippen LogP contribution is 2.35. The van der Waals surface area contributed by atoms with E-state index in [2.05, 4.69) is 9.69 Å². The molecule has 0 saturated carbocycles. The van der Waals surface area contributed by atoms with E-state index in [1.165, 1.54) is 11.5 Å². The van der Waals surface area contributed by atoms with Crippen LogP contribution in [0.15, 0.2) is 0 Å². The van der Waals surface area contributed by atoms with Gasteiger partial charge in [-0.2, -0.15) is 4.37 Å². The molecule has 0 saturated heterocycles. The maximum atomic E-state index is 9.06. The summed E-state index contributed by atoms with van der Waals surface area (Å²) in [5.74, 6) is 0.992. The van der Waals surface area contributed by atoms with E-state index in [1.807, 2.05) is 13.8 Å². The minimum atomic E-state index is 0.0176. The molecule has 5 nitrogen and oxygen atoms in total. The number of nitrogens with two attached hydrogens (primary N) is 1. The van der Waals surface area contributed by atoms with Gasteiger partial charge in [-0.1, -0.05) is 6.92 Å². The van der Waals surface area contributed by atoms with Gasteiger partial charge in [-0.15, -0.1) is 0 Å². The average molecular weight is 231 g/mol. The molecule has 0 fully saturated rings. The third-order valence-corrected chi connectivity index (χ3v) is 2.79. The van der Waals surface area contributed by atoms with Crippen LogP contribution < -0.4 is 15.8 Å². The minimum Gasteiger partial charge on any atom is -0.487 e. The number of hydrogen-bond acceptors (Lipinski definition) is 6. The lowest BCUT2D eigenvalue weighted by molar-refractivity contribution is 0.271. The first-order valence-corrected chi connectivity index (χ1v) is 5.75. The second kappa shape index (κ2) is 5.77. The van der Waals surface area contributed by atoms with Crippen molar-refractivity contribution in [3.8, 4) is 5.75 Å². The summed E-state index contributed by atoms with van der Waals surface area (Å²) in [4.78, 5) is 0. The van der Waals surface area contributed by atoms with Crippen molar-refractivity contribution in [2.75, 3.05) is 24.3 Å². The van der Waals surface area contributed by atoms with Crippen molar-refractivity contribution >= 4 is 22.4 Å². The molecule has 0 aliphatic carbocycles. The summed E-state index contributed by atoms with van der Waals surface area (Å²) in [5, 5.41) is 13.0. The summed E-state index contributed by atoms with van der Waals surface area (Å²) >= 11 is 1.25. The van der Waals surface area contributed by atoms with Crippen LogP contribution in [0.5, 0.6) is 5.75 Å². The molecule has 1 aromatic heterocycles. The Morgan fingerprint density at radius 1 is 1.60 bits per heavy atom. The molecular weight excluding hydrogens is 214 g/mol. The Balaban J connectivity index is 2.75. The SMILES string of the molecule is CCOc1c(N)nsc1NC(CC)CO. The lowest BCUT2D eigenvalue weighted by atomic mass is 10.2. The molecule has 0 aromatic carbocycles. The van der Waals surface area contributed by atoms with Crippen LogP contribution in [0.2, 0.25) is 0 Å². The highest BCUT2D eigenvalue weighted by atomic mass is 32.1. The number of nitrogens with one attached hydrogen (secondary N) is 1. The molecule has 0 radical (unpaired) electrons. The van der Waals surface area contributed by atoms with Gasteiger partial charge in [0, 0.05) is 6.04 Å². The summed E-state index contributed by atoms with van der Waals surface area (Å²) in [7, 11) is 0. The molecule has 6 heteroatoms. The minimum absolute atomic E-state index is 0.0176. The molecule has 0 spiro atoms. The predicted octanol–water partition coefficient (Wildman–Crippen LogP) is 1.31. The smallest absolute Gasteiger partial charge is 0.197 e. The molecule has 4 N–H and O–H groups in total. The van der Waals surface area contributed by atoms with Crippen LogP contribution >= 0.6 is 11.5 Å². The van der Waals surface area contributed by atoms with Crippen LogP contribution in [0.3, 0.4) is 0 Å². The van der Waals surface area contributed by atoms with Crippen LogP contribution in [0.25, 0.3) is 0 Å². The quantitative estimate of drug-likeness (QED) is 0.687. The fourth-order valence-electron chi connectivity index (χ4n) is 1.13. The predicted molar refractivity (Wildman–Crippen MR) is 62.5 cm³/mol. The fraction of sp³-hybridized carbons (Fsp3) is 0.667. The second-order valence-electron chi connectivity index (χ2n) is 3.09. The van der Waals surface area contributed by atoms with Gasteiger partial charge in [0.05, 0.1) is 13.2 Å². The van der Waals surface area contributed by atoms with E-state index in [1.54, 1.807) is 0 Å². The van der Waals surface area contributed by atoms with Gasteiger partial charge in [0.2, 0.25) is 0 Å². The second-order valence-corrected chi connectivity index (χ2v) is 3.86. The van der Waals surface area contributed by atoms with E-state index in [-0.39, 0.29) is 12.6 Å². The van der Waals surface area contributed by atoms with Crippen LogP contribution in [-0.4, -0.2) is 28.7 Å². The number of nitrogens with zero attached hydrogens (tertiary/aromatic N) is 1. The van der Waals surface area contributed by atoms with Crippen LogP contribution in [0.1, 0.15) is 20.3 Å². The summed E-state index contributed by atoms with van der Waals surface area (Å²) in [6, 6.07) is 0.0176. The van der Waals surface area contributed by atoms with E-state index in [0.717, 1.165) is 11.4 Å². The number of aliphatic hydroxyl groups excluding tert-OH is 1. The number of aliphatic hydroxyl groups is 1. The van der Waals surface area contributed by atoms with Gasteiger partial charge in [0.1, 0.15) is 0 Å². The van der Waals surface area contributed by atoms with Crippen molar-refractivity contribution in [3.05, 3.63) is 0 Å². The zero-order chi connectivity index (χ0) is 11.3. The number of nitrogen functional groups attached to an aromatic ring is 1. The van der Waals surface area contributed by atoms with Crippen LogP contribution in [-0.2, 0) is 0 Å². The van der Waals surface area contributed by atoms with E-state index in [4.69, 9.17) is 15.6 Å². The third kappa shape index (κ3) is 2.97. The summed E-state index contributed by atoms with van der Waals surface area (Å²) < 4.78 is 9.38. The zero-order valence-corrected chi connectivity index (χ0v) is 9.80. The standard InChI is InChI=1S/C9H17N3O2S/c1-3-6(5-13)11-9-7(14-4-2)8(10)12-15-9/h6,11,13H,3-5H2,1-2H3,(H2,10,12). The van der Waals surface area contributed by atoms with Crippen molar-refractivity contribution in [3.63, 3.8) is 0 Å². The summed E-state index contributed by atoms with van der Waals surface area (Å²) in [5.41, 5.74) is 5.66. The van der Waals surface area contributed by atoms with Crippen molar-refractivity contribution < 1.29 is 9.84 Å². The Bertz CT molecular complexity index is 300. The lowest BCUT2D eigenvalue weighted by Gasteiger charge is -2.14. The molecule has 0 bridgehead atoms. The number of hydrogen-bond donors (Lipinski definition) is 3. The number of aromatic nitrogens is 1. The summed E-state index contributed by atoms with van der Waals surface area (Å²) in [6.45, 7) is 4.52. The van der Waals surface area contributed by atoms with Crippen LogP contribution in [0.4, 0.5) is 10.8 Å². The van der Waals surface area contributed by atoms with Gasteiger partial charge in [0.15, 0.2) is 16.6 Å². The Morgan fingerprint density at radius 3 is 2.87 bits per heavy atom. The van der Waals surface area contributed by atoms with Crippen molar-refractivity contribution in [2.45, 2.75) is 26.3 Å². The van der Waals surface area contributed by atoms with Gasteiger partial charge < -0.3 is 20.9 Å². The monoisotopic (exact) mass is 231 g/mol. The first-order valence-electron chi connectivity index (χ1n) is 4.98. The Morgan fingerprint density at radius 2 is 2.33 bits per heavy atom. The molecule has 86 valence electrons. The summed E-state index contributed by atoms with van der Waals surface area (Å²) in [6.07, 6.45) is 0.833. The Labute approximate surface area is 93.4 Å². The van der Waals surface area contributed by atoms with Crippen LogP contribution in [0, 0.1) is 0 Å². The topological polar surface area (TPSA) is 80.4 Å². The average Bonchev–Trinajstić information content (AvgIpc) is 2.58. The Hall–Kier alpha value is -1.01. The van der Waals surface area contributed by atoms with Gasteiger partial charge in [-0.05, 0) is 24.9 Å². The van der Waals surface area contributed by atoms with E-state index >= 15 is 0 Å². The number of rotatable bonds is 6. The maximum Gasteiger partial charge on any atom is 0.197 e. The normalized spacial score (nSPS) is 12.5.